The van der Waals surface area contributed by atoms with Gasteiger partial charge in [-0.2, -0.15) is 5.10 Å². The van der Waals surface area contributed by atoms with Crippen molar-refractivity contribution in [3.8, 4) is 0 Å². The largest absolute Gasteiger partial charge is 0.339 e. The van der Waals surface area contributed by atoms with E-state index in [1.807, 2.05) is 40.0 Å². The number of nitrogens with zero attached hydrogens (tertiary/aromatic N) is 5. The molecule has 5 rings (SSSR count). The number of piperidine rings is 1. The van der Waals surface area contributed by atoms with Crippen molar-refractivity contribution in [2.24, 2.45) is 0 Å². The lowest BCUT2D eigenvalue weighted by atomic mass is 10.1. The number of imidazole rings is 1. The molecule has 3 aromatic rings. The molecule has 1 saturated carbocycles. The van der Waals surface area contributed by atoms with Crippen LogP contribution in [0.25, 0.3) is 11.0 Å². The number of para-hydroxylation sites is 2. The topological polar surface area (TPSA) is 56.0 Å². The van der Waals surface area contributed by atoms with Crippen molar-refractivity contribution >= 4 is 16.9 Å². The number of rotatable bonds is 4. The third-order valence-electron chi connectivity index (χ3n) is 5.57. The lowest BCUT2D eigenvalue weighted by Crippen LogP contribution is -2.42. The molecule has 6 heteroatoms. The molecule has 2 aliphatic rings. The predicted molar refractivity (Wildman–Crippen MR) is 98.8 cm³/mol. The van der Waals surface area contributed by atoms with Crippen LogP contribution in [0.3, 0.4) is 0 Å². The Bertz CT molecular complexity index is 925. The quantitative estimate of drug-likeness (QED) is 0.728. The molecule has 0 bridgehead atoms. The van der Waals surface area contributed by atoms with Crippen molar-refractivity contribution in [2.45, 2.75) is 44.2 Å². The van der Waals surface area contributed by atoms with E-state index in [4.69, 9.17) is 4.98 Å². The summed E-state index contributed by atoms with van der Waals surface area (Å²) in [5.74, 6) is 1.79. The molecule has 1 atom stereocenters. The predicted octanol–water partition coefficient (Wildman–Crippen LogP) is 2.97. The molecular weight excluding hydrogens is 326 g/mol. The fraction of sp³-hybridized carbons (Fsp3) is 0.450. The van der Waals surface area contributed by atoms with Gasteiger partial charge in [0.2, 0.25) is 5.91 Å². The molecule has 0 N–H and O–H groups in total. The zero-order valence-electron chi connectivity index (χ0n) is 14.8. The number of likely N-dealkylation sites (tertiary alicyclic amines) is 1. The van der Waals surface area contributed by atoms with Gasteiger partial charge in [-0.05, 0) is 43.9 Å². The molecule has 1 aromatic carbocycles. The first-order chi connectivity index (χ1) is 12.8. The van der Waals surface area contributed by atoms with E-state index in [0.29, 0.717) is 12.5 Å². The maximum atomic E-state index is 13.1. The first kappa shape index (κ1) is 15.6. The van der Waals surface area contributed by atoms with Gasteiger partial charge < -0.3 is 9.47 Å². The highest BCUT2D eigenvalue weighted by molar-refractivity contribution is 5.81. The van der Waals surface area contributed by atoms with Gasteiger partial charge in [-0.15, -0.1) is 0 Å². The van der Waals surface area contributed by atoms with E-state index in [2.05, 4.69) is 15.7 Å². The second kappa shape index (κ2) is 6.27. The number of carbonyl (C=O) groups is 1. The Hall–Kier alpha value is -2.63. The van der Waals surface area contributed by atoms with Gasteiger partial charge in [0.25, 0.3) is 0 Å². The maximum absolute atomic E-state index is 13.1. The van der Waals surface area contributed by atoms with Crippen LogP contribution in [0.2, 0.25) is 0 Å². The van der Waals surface area contributed by atoms with E-state index in [1.165, 1.54) is 12.8 Å². The van der Waals surface area contributed by atoms with Crippen molar-refractivity contribution in [1.82, 2.24) is 24.2 Å². The van der Waals surface area contributed by atoms with Gasteiger partial charge in [0.05, 0.1) is 17.1 Å². The molecule has 0 radical (unpaired) electrons. The summed E-state index contributed by atoms with van der Waals surface area (Å²) in [6.07, 6.45) is 8.27. The van der Waals surface area contributed by atoms with Crippen LogP contribution in [-0.2, 0) is 11.3 Å². The average molecular weight is 349 g/mol. The van der Waals surface area contributed by atoms with Crippen LogP contribution >= 0.6 is 0 Å². The summed E-state index contributed by atoms with van der Waals surface area (Å²) in [4.78, 5) is 19.9. The van der Waals surface area contributed by atoms with Crippen LogP contribution in [0.15, 0.2) is 42.7 Å². The monoisotopic (exact) mass is 349 g/mol. The van der Waals surface area contributed by atoms with E-state index >= 15 is 0 Å². The molecule has 3 heterocycles. The van der Waals surface area contributed by atoms with Crippen LogP contribution < -0.4 is 0 Å². The Morgan fingerprint density at radius 2 is 2.04 bits per heavy atom. The van der Waals surface area contributed by atoms with Crippen LogP contribution in [-0.4, -0.2) is 43.2 Å². The maximum Gasteiger partial charge on any atom is 0.242 e. The van der Waals surface area contributed by atoms with E-state index in [0.717, 1.165) is 42.8 Å². The molecule has 6 nitrogen and oxygen atoms in total. The van der Waals surface area contributed by atoms with Crippen LogP contribution in [0.1, 0.15) is 43.5 Å². The Morgan fingerprint density at radius 3 is 2.85 bits per heavy atom. The second-order valence-electron chi connectivity index (χ2n) is 7.44. The van der Waals surface area contributed by atoms with Crippen molar-refractivity contribution in [1.29, 1.82) is 0 Å². The van der Waals surface area contributed by atoms with Gasteiger partial charge in [-0.1, -0.05) is 12.1 Å². The summed E-state index contributed by atoms with van der Waals surface area (Å²) < 4.78 is 4.13. The van der Waals surface area contributed by atoms with Gasteiger partial charge in [-0.3, -0.25) is 9.48 Å². The van der Waals surface area contributed by atoms with Gasteiger partial charge in [0, 0.05) is 31.4 Å². The third kappa shape index (κ3) is 2.79. The molecule has 2 fully saturated rings. The van der Waals surface area contributed by atoms with Crippen molar-refractivity contribution < 1.29 is 4.79 Å². The third-order valence-corrected chi connectivity index (χ3v) is 5.57. The summed E-state index contributed by atoms with van der Waals surface area (Å²) in [7, 11) is 0. The van der Waals surface area contributed by atoms with E-state index in [1.54, 1.807) is 6.20 Å². The highest BCUT2D eigenvalue weighted by Crippen LogP contribution is 2.40. The van der Waals surface area contributed by atoms with Crippen molar-refractivity contribution in [3.63, 3.8) is 0 Å². The van der Waals surface area contributed by atoms with E-state index < -0.39 is 0 Å². The van der Waals surface area contributed by atoms with Gasteiger partial charge >= 0.3 is 0 Å². The number of benzene rings is 1. The number of hydrogen-bond acceptors (Lipinski definition) is 3. The van der Waals surface area contributed by atoms with Gasteiger partial charge in [0.15, 0.2) is 0 Å². The standard InChI is InChI=1S/C20H23N5O/c26-19(23-11-3-5-16(13-23)25-12-4-10-21-25)14-24-18-7-2-1-6-17(18)22-20(24)15-8-9-15/h1-2,4,6-7,10,12,15-16H,3,5,8-9,11,13-14H2/t16-/m0/s1. The Kier molecular flexibility index (Phi) is 3.76. The number of hydrogen-bond donors (Lipinski definition) is 0. The van der Waals surface area contributed by atoms with Gasteiger partial charge in [0.1, 0.15) is 12.4 Å². The minimum absolute atomic E-state index is 0.187. The summed E-state index contributed by atoms with van der Waals surface area (Å²) in [6, 6.07) is 10.4. The SMILES string of the molecule is O=C(Cn1c(C2CC2)nc2ccccc21)N1CCC[C@H](n2cccn2)C1. The molecule has 134 valence electrons. The molecular formula is C20H23N5O. The highest BCUT2D eigenvalue weighted by Gasteiger charge is 2.31. The summed E-state index contributed by atoms with van der Waals surface area (Å²) in [6.45, 7) is 1.96. The van der Waals surface area contributed by atoms with E-state index in [9.17, 15) is 4.79 Å². The lowest BCUT2D eigenvalue weighted by molar-refractivity contribution is -0.133. The summed E-state index contributed by atoms with van der Waals surface area (Å²) in [5, 5.41) is 4.36. The number of carbonyl (C=O) groups excluding carboxylic acids is 1. The smallest absolute Gasteiger partial charge is 0.242 e. The number of amides is 1. The zero-order valence-corrected chi connectivity index (χ0v) is 14.8. The van der Waals surface area contributed by atoms with Crippen molar-refractivity contribution in [2.75, 3.05) is 13.1 Å². The van der Waals surface area contributed by atoms with Crippen molar-refractivity contribution in [3.05, 3.63) is 48.5 Å². The Balaban J connectivity index is 1.38. The molecule has 1 aliphatic heterocycles. The lowest BCUT2D eigenvalue weighted by Gasteiger charge is -2.33. The molecule has 2 aromatic heterocycles. The Morgan fingerprint density at radius 1 is 1.15 bits per heavy atom. The van der Waals surface area contributed by atoms with Crippen LogP contribution in [0.4, 0.5) is 0 Å². The summed E-state index contributed by atoms with van der Waals surface area (Å²) in [5.41, 5.74) is 2.07. The number of aromatic nitrogens is 4. The first-order valence-corrected chi connectivity index (χ1v) is 9.51. The van der Waals surface area contributed by atoms with Crippen LogP contribution in [0.5, 0.6) is 0 Å². The molecule has 26 heavy (non-hydrogen) atoms. The zero-order chi connectivity index (χ0) is 17.5. The fourth-order valence-electron chi connectivity index (χ4n) is 4.04. The van der Waals surface area contributed by atoms with Crippen LogP contribution in [0, 0.1) is 0 Å². The van der Waals surface area contributed by atoms with Gasteiger partial charge in [-0.25, -0.2) is 4.98 Å². The molecule has 1 saturated heterocycles. The number of fused-ring (bicyclic) bond motifs is 1. The van der Waals surface area contributed by atoms with E-state index in [-0.39, 0.29) is 11.9 Å². The summed E-state index contributed by atoms with van der Waals surface area (Å²) >= 11 is 0. The molecule has 0 unspecified atom stereocenters. The first-order valence-electron chi connectivity index (χ1n) is 9.51. The minimum Gasteiger partial charge on any atom is -0.339 e. The highest BCUT2D eigenvalue weighted by atomic mass is 16.2. The average Bonchev–Trinajstić information content (AvgIpc) is 3.25. The fourth-order valence-corrected chi connectivity index (χ4v) is 4.04. The molecule has 1 aliphatic carbocycles. The molecule has 0 spiro atoms. The minimum atomic E-state index is 0.187. The molecule has 1 amide bonds. The normalized spacial score (nSPS) is 20.6. The second-order valence-corrected chi connectivity index (χ2v) is 7.44. The Labute approximate surface area is 152 Å².